The molecule has 0 radical (unpaired) electrons. The molecule has 3 heteroatoms. The Kier molecular flexibility index (Phi) is 6.80. The molecule has 0 aromatic heterocycles. The molecule has 0 bridgehead atoms. The van der Waals surface area contributed by atoms with Crippen LogP contribution in [0.2, 0.25) is 0 Å². The van der Waals surface area contributed by atoms with E-state index in [0.717, 1.165) is 24.0 Å². The molecule has 3 nitrogen and oxygen atoms in total. The Balaban J connectivity index is 1.83. The van der Waals surface area contributed by atoms with Gasteiger partial charge in [-0.3, -0.25) is 4.79 Å². The van der Waals surface area contributed by atoms with E-state index < -0.39 is 5.41 Å². The standard InChI is InChI=1S/C25H36O3/c1-23(2,3)25(7,24(4,5)6)22(26)28-18-11-10-17-27-21-16-12-14-19-13-8-9-15-20(19)21/h8-9,12-16H,10-11,17-18H2,1-7H3. The molecule has 0 amide bonds. The topological polar surface area (TPSA) is 35.5 Å². The van der Waals surface area contributed by atoms with Crippen LogP contribution in [0, 0.1) is 16.2 Å². The summed E-state index contributed by atoms with van der Waals surface area (Å²) in [5.41, 5.74) is -0.918. The summed E-state index contributed by atoms with van der Waals surface area (Å²) in [6, 6.07) is 14.3. The van der Waals surface area contributed by atoms with Gasteiger partial charge in [-0.05, 0) is 42.0 Å². The molecule has 0 aliphatic heterocycles. The van der Waals surface area contributed by atoms with E-state index in [1.165, 1.54) is 5.39 Å². The number of carbonyl (C=O) groups is 1. The maximum Gasteiger partial charge on any atom is 0.312 e. The molecule has 0 spiro atoms. The van der Waals surface area contributed by atoms with E-state index in [1.54, 1.807) is 0 Å². The fourth-order valence-corrected chi connectivity index (χ4v) is 3.75. The van der Waals surface area contributed by atoms with Crippen molar-refractivity contribution in [1.29, 1.82) is 0 Å². The lowest BCUT2D eigenvalue weighted by Gasteiger charge is -2.48. The SMILES string of the molecule is CC(C)(C)C(C)(C(=O)OCCCCOc1cccc2ccccc12)C(C)(C)C. The lowest BCUT2D eigenvalue weighted by atomic mass is 9.55. The number of hydrogen-bond acceptors (Lipinski definition) is 3. The third-order valence-corrected chi connectivity index (χ3v) is 6.19. The third kappa shape index (κ3) is 4.68. The minimum Gasteiger partial charge on any atom is -0.493 e. The number of unbranched alkanes of at least 4 members (excludes halogenated alkanes) is 1. The molecule has 154 valence electrons. The van der Waals surface area contributed by atoms with Crippen molar-refractivity contribution in [2.45, 2.75) is 61.3 Å². The van der Waals surface area contributed by atoms with E-state index in [-0.39, 0.29) is 16.8 Å². The number of esters is 1. The highest BCUT2D eigenvalue weighted by atomic mass is 16.5. The normalized spacial score (nSPS) is 12.8. The molecule has 0 aliphatic rings. The maximum atomic E-state index is 12.9. The van der Waals surface area contributed by atoms with Crippen molar-refractivity contribution in [2.75, 3.05) is 13.2 Å². The van der Waals surface area contributed by atoms with Gasteiger partial charge >= 0.3 is 5.97 Å². The van der Waals surface area contributed by atoms with Crippen LogP contribution in [0.3, 0.4) is 0 Å². The molecule has 2 aromatic carbocycles. The molecule has 0 unspecified atom stereocenters. The Labute approximate surface area is 170 Å². The van der Waals surface area contributed by atoms with Crippen LogP contribution in [0.25, 0.3) is 10.8 Å². The molecule has 0 heterocycles. The minimum absolute atomic E-state index is 0.109. The second-order valence-electron chi connectivity index (χ2n) is 9.79. The summed E-state index contributed by atoms with van der Waals surface area (Å²) in [5.74, 6) is 0.797. The number of fused-ring (bicyclic) bond motifs is 1. The summed E-state index contributed by atoms with van der Waals surface area (Å²) >= 11 is 0. The zero-order chi connectivity index (χ0) is 21.0. The average molecular weight is 385 g/mol. The first-order valence-corrected chi connectivity index (χ1v) is 10.3. The van der Waals surface area contributed by atoms with E-state index in [9.17, 15) is 4.79 Å². The molecule has 2 rings (SSSR count). The van der Waals surface area contributed by atoms with Crippen molar-refractivity contribution in [3.63, 3.8) is 0 Å². The summed E-state index contributed by atoms with van der Waals surface area (Å²) < 4.78 is 11.6. The molecule has 28 heavy (non-hydrogen) atoms. The Morgan fingerprint density at radius 3 is 2.00 bits per heavy atom. The van der Waals surface area contributed by atoms with E-state index in [4.69, 9.17) is 9.47 Å². The molecular formula is C25H36O3. The smallest absolute Gasteiger partial charge is 0.312 e. The number of benzene rings is 2. The average Bonchev–Trinajstić information content (AvgIpc) is 2.61. The lowest BCUT2D eigenvalue weighted by molar-refractivity contribution is -0.173. The summed E-state index contributed by atoms with van der Waals surface area (Å²) in [4.78, 5) is 12.9. The Morgan fingerprint density at radius 2 is 1.36 bits per heavy atom. The second-order valence-corrected chi connectivity index (χ2v) is 9.79. The van der Waals surface area contributed by atoms with Gasteiger partial charge in [0.15, 0.2) is 0 Å². The fraction of sp³-hybridized carbons (Fsp3) is 0.560. The van der Waals surface area contributed by atoms with Crippen LogP contribution in [0.5, 0.6) is 5.75 Å². The molecule has 0 saturated carbocycles. The van der Waals surface area contributed by atoms with Crippen LogP contribution in [-0.2, 0) is 9.53 Å². The first-order valence-electron chi connectivity index (χ1n) is 10.3. The van der Waals surface area contributed by atoms with Gasteiger partial charge < -0.3 is 9.47 Å². The molecule has 0 aliphatic carbocycles. The van der Waals surface area contributed by atoms with Crippen molar-refractivity contribution in [1.82, 2.24) is 0 Å². The van der Waals surface area contributed by atoms with E-state index in [0.29, 0.717) is 13.2 Å². The predicted octanol–water partition coefficient (Wildman–Crippen LogP) is 6.64. The highest BCUT2D eigenvalue weighted by molar-refractivity contribution is 5.88. The van der Waals surface area contributed by atoms with Crippen LogP contribution in [-0.4, -0.2) is 19.2 Å². The largest absolute Gasteiger partial charge is 0.493 e. The fourth-order valence-electron chi connectivity index (χ4n) is 3.75. The van der Waals surface area contributed by atoms with Crippen molar-refractivity contribution < 1.29 is 14.3 Å². The molecular weight excluding hydrogens is 348 g/mol. The second kappa shape index (κ2) is 8.55. The monoisotopic (exact) mass is 384 g/mol. The van der Waals surface area contributed by atoms with E-state index >= 15 is 0 Å². The molecule has 0 atom stereocenters. The van der Waals surface area contributed by atoms with Crippen molar-refractivity contribution in [3.8, 4) is 5.75 Å². The van der Waals surface area contributed by atoms with Gasteiger partial charge in [0.2, 0.25) is 0 Å². The zero-order valence-corrected chi connectivity index (χ0v) is 18.6. The predicted molar refractivity (Wildman–Crippen MR) is 117 cm³/mol. The maximum absolute atomic E-state index is 12.9. The summed E-state index contributed by atoms with van der Waals surface area (Å²) in [6.07, 6.45) is 1.64. The highest BCUT2D eigenvalue weighted by Gasteiger charge is 2.53. The first kappa shape index (κ1) is 22.3. The van der Waals surface area contributed by atoms with Gasteiger partial charge in [-0.25, -0.2) is 0 Å². The van der Waals surface area contributed by atoms with Crippen molar-refractivity contribution in [2.24, 2.45) is 16.2 Å². The van der Waals surface area contributed by atoms with Gasteiger partial charge in [-0.2, -0.15) is 0 Å². The third-order valence-electron chi connectivity index (χ3n) is 6.19. The summed E-state index contributed by atoms with van der Waals surface area (Å²) in [5, 5.41) is 2.31. The van der Waals surface area contributed by atoms with Gasteiger partial charge in [0.05, 0.1) is 18.6 Å². The molecule has 0 N–H and O–H groups in total. The van der Waals surface area contributed by atoms with Gasteiger partial charge in [-0.1, -0.05) is 77.9 Å². The summed E-state index contributed by atoms with van der Waals surface area (Å²) in [7, 11) is 0. The van der Waals surface area contributed by atoms with Crippen LogP contribution in [0.15, 0.2) is 42.5 Å². The van der Waals surface area contributed by atoms with E-state index in [2.05, 4.69) is 59.7 Å². The number of carbonyl (C=O) groups excluding carboxylic acids is 1. The number of hydrogen-bond donors (Lipinski definition) is 0. The van der Waals surface area contributed by atoms with Crippen LogP contribution in [0.1, 0.15) is 61.3 Å². The molecule has 0 fully saturated rings. The van der Waals surface area contributed by atoms with Crippen LogP contribution < -0.4 is 4.74 Å². The van der Waals surface area contributed by atoms with Crippen LogP contribution >= 0.6 is 0 Å². The van der Waals surface area contributed by atoms with Crippen molar-refractivity contribution >= 4 is 16.7 Å². The highest BCUT2D eigenvalue weighted by Crippen LogP contribution is 2.52. The van der Waals surface area contributed by atoms with Gasteiger partial charge in [0, 0.05) is 5.39 Å². The lowest BCUT2D eigenvalue weighted by Crippen LogP contribution is -2.50. The Morgan fingerprint density at radius 1 is 0.786 bits per heavy atom. The number of ether oxygens (including phenoxy) is 2. The van der Waals surface area contributed by atoms with Gasteiger partial charge in [-0.15, -0.1) is 0 Å². The van der Waals surface area contributed by atoms with Crippen LogP contribution in [0.4, 0.5) is 0 Å². The quantitative estimate of drug-likeness (QED) is 0.396. The van der Waals surface area contributed by atoms with Gasteiger partial charge in [0.25, 0.3) is 0 Å². The first-order chi connectivity index (χ1) is 13.0. The van der Waals surface area contributed by atoms with Crippen molar-refractivity contribution in [3.05, 3.63) is 42.5 Å². The molecule has 2 aromatic rings. The minimum atomic E-state index is -0.556. The zero-order valence-electron chi connectivity index (χ0n) is 18.6. The Bertz CT molecular complexity index is 774. The number of rotatable bonds is 7. The summed E-state index contributed by atoms with van der Waals surface area (Å²) in [6.45, 7) is 15.7. The van der Waals surface area contributed by atoms with Gasteiger partial charge in [0.1, 0.15) is 5.75 Å². The Hall–Kier alpha value is -2.03. The van der Waals surface area contributed by atoms with E-state index in [1.807, 2.05) is 31.2 Å². The molecule has 0 saturated heterocycles.